The zero-order valence-electron chi connectivity index (χ0n) is 14.4. The Bertz CT molecular complexity index is 1150. The Morgan fingerprint density at radius 3 is 2.70 bits per heavy atom. The number of ketones is 1. The normalized spacial score (nSPS) is 16.6. The van der Waals surface area contributed by atoms with Crippen LogP contribution in [0.5, 0.6) is 0 Å². The number of ether oxygens (including phenoxy) is 1. The first-order valence-corrected chi connectivity index (χ1v) is 8.82. The smallest absolute Gasteiger partial charge is 0.266 e. The van der Waals surface area contributed by atoms with Gasteiger partial charge >= 0.3 is 0 Å². The van der Waals surface area contributed by atoms with Crippen LogP contribution in [0, 0.1) is 5.82 Å². The highest BCUT2D eigenvalue weighted by Crippen LogP contribution is 2.27. The zero-order valence-corrected chi connectivity index (χ0v) is 14.4. The van der Waals surface area contributed by atoms with Crippen LogP contribution in [-0.4, -0.2) is 46.5 Å². The minimum Gasteiger partial charge on any atom is -0.379 e. The fourth-order valence-corrected chi connectivity index (χ4v) is 3.73. The van der Waals surface area contributed by atoms with Gasteiger partial charge in [0.1, 0.15) is 5.82 Å². The number of nitrogens with zero attached hydrogens (tertiary/aromatic N) is 3. The summed E-state index contributed by atoms with van der Waals surface area (Å²) in [6.45, 7) is 3.85. The number of carbonyl (C=O) groups excluding carboxylic acids is 1. The largest absolute Gasteiger partial charge is 0.379 e. The van der Waals surface area contributed by atoms with Crippen LogP contribution in [0.4, 0.5) is 4.39 Å². The van der Waals surface area contributed by atoms with Gasteiger partial charge in [0.25, 0.3) is 5.56 Å². The summed E-state index contributed by atoms with van der Waals surface area (Å²) in [5.74, 6) is -0.907. The minimum absolute atomic E-state index is 0.0361. The van der Waals surface area contributed by atoms with E-state index in [2.05, 4.69) is 9.88 Å². The van der Waals surface area contributed by atoms with Gasteiger partial charge in [-0.05, 0) is 35.9 Å². The molecule has 2 aromatic carbocycles. The molecule has 0 atom stereocenters. The van der Waals surface area contributed by atoms with Crippen molar-refractivity contribution in [2.45, 2.75) is 6.54 Å². The van der Waals surface area contributed by atoms with Crippen LogP contribution in [0.1, 0.15) is 21.7 Å². The quantitative estimate of drug-likeness (QED) is 0.543. The lowest BCUT2D eigenvalue weighted by Gasteiger charge is -2.26. The molecule has 0 N–H and O–H groups in total. The van der Waals surface area contributed by atoms with Gasteiger partial charge in [0.05, 0.1) is 35.4 Å². The van der Waals surface area contributed by atoms with Gasteiger partial charge in [0.2, 0.25) is 5.78 Å². The summed E-state index contributed by atoms with van der Waals surface area (Å²) in [4.78, 5) is 32.3. The predicted octanol–water partition coefficient (Wildman–Crippen LogP) is 1.90. The first-order valence-electron chi connectivity index (χ1n) is 8.82. The van der Waals surface area contributed by atoms with Crippen molar-refractivity contribution in [3.8, 4) is 5.69 Å². The molecule has 0 aliphatic carbocycles. The maximum Gasteiger partial charge on any atom is 0.266 e. The molecular formula is C20H16FN3O3. The van der Waals surface area contributed by atoms with Gasteiger partial charge in [-0.25, -0.2) is 9.37 Å². The van der Waals surface area contributed by atoms with Crippen LogP contribution in [0.25, 0.3) is 16.6 Å². The lowest BCUT2D eigenvalue weighted by atomic mass is 10.1. The molecule has 0 radical (unpaired) electrons. The molecular weight excluding hydrogens is 349 g/mol. The van der Waals surface area contributed by atoms with Crippen molar-refractivity contribution in [2.24, 2.45) is 0 Å². The average Bonchev–Trinajstić information content (AvgIpc) is 2.95. The fourth-order valence-electron chi connectivity index (χ4n) is 3.73. The van der Waals surface area contributed by atoms with Gasteiger partial charge in [0, 0.05) is 19.6 Å². The summed E-state index contributed by atoms with van der Waals surface area (Å²) in [5.41, 5.74) is 1.72. The molecule has 0 bridgehead atoms. The maximum atomic E-state index is 13.5. The summed E-state index contributed by atoms with van der Waals surface area (Å²) >= 11 is 0. The van der Waals surface area contributed by atoms with Gasteiger partial charge in [-0.15, -0.1) is 0 Å². The molecule has 0 amide bonds. The van der Waals surface area contributed by atoms with Crippen molar-refractivity contribution in [1.82, 2.24) is 14.5 Å². The monoisotopic (exact) mass is 365 g/mol. The first-order chi connectivity index (χ1) is 13.1. The number of carbonyl (C=O) groups is 1. The van der Waals surface area contributed by atoms with E-state index >= 15 is 0 Å². The van der Waals surface area contributed by atoms with Crippen LogP contribution >= 0.6 is 0 Å². The van der Waals surface area contributed by atoms with E-state index < -0.39 is 11.6 Å². The Balaban J connectivity index is 1.63. The molecule has 1 fully saturated rings. The number of aromatic nitrogens is 2. The van der Waals surface area contributed by atoms with Crippen LogP contribution in [0.15, 0.2) is 41.2 Å². The van der Waals surface area contributed by atoms with E-state index in [1.54, 1.807) is 6.07 Å². The standard InChI is InChI=1S/C20H16FN3O3/c21-13-2-4-17-15(10-13)18(25)19-22-16-3-1-12(9-14(16)20(26)24(17)19)11-23-5-7-27-8-6-23/h1-4,9-10H,5-8,11H2. The highest BCUT2D eigenvalue weighted by Gasteiger charge is 2.30. The molecule has 6 nitrogen and oxygen atoms in total. The Labute approximate surface area is 153 Å². The highest BCUT2D eigenvalue weighted by atomic mass is 19.1. The van der Waals surface area contributed by atoms with Crippen LogP contribution in [0.3, 0.4) is 0 Å². The SMILES string of the molecule is O=C1c2cc(F)ccc2-n2c1nc1ccc(CN3CCOCC3)cc1c2=O. The Morgan fingerprint density at radius 2 is 1.89 bits per heavy atom. The Kier molecular flexibility index (Phi) is 3.66. The van der Waals surface area contributed by atoms with Crippen molar-refractivity contribution >= 4 is 16.7 Å². The number of hydrogen-bond donors (Lipinski definition) is 0. The molecule has 2 aliphatic heterocycles. The summed E-state index contributed by atoms with van der Waals surface area (Å²) in [6.07, 6.45) is 0. The third-order valence-corrected chi connectivity index (χ3v) is 5.09. The van der Waals surface area contributed by atoms with Crippen molar-refractivity contribution < 1.29 is 13.9 Å². The van der Waals surface area contributed by atoms with E-state index in [-0.39, 0.29) is 16.9 Å². The Hall–Kier alpha value is -2.90. The molecule has 0 saturated carbocycles. The second-order valence-corrected chi connectivity index (χ2v) is 6.81. The van der Waals surface area contributed by atoms with Crippen LogP contribution < -0.4 is 5.56 Å². The third kappa shape index (κ3) is 2.58. The van der Waals surface area contributed by atoms with Crippen molar-refractivity contribution in [2.75, 3.05) is 26.3 Å². The van der Waals surface area contributed by atoms with E-state index in [0.717, 1.165) is 31.3 Å². The van der Waals surface area contributed by atoms with E-state index in [9.17, 15) is 14.0 Å². The molecule has 7 heteroatoms. The zero-order chi connectivity index (χ0) is 18.5. The van der Waals surface area contributed by atoms with Crippen molar-refractivity contribution in [1.29, 1.82) is 0 Å². The van der Waals surface area contributed by atoms with E-state index in [1.807, 2.05) is 12.1 Å². The summed E-state index contributed by atoms with van der Waals surface area (Å²) in [5, 5.41) is 0.453. The topological polar surface area (TPSA) is 64.4 Å². The predicted molar refractivity (Wildman–Crippen MR) is 96.8 cm³/mol. The van der Waals surface area contributed by atoms with Gasteiger partial charge in [-0.2, -0.15) is 0 Å². The van der Waals surface area contributed by atoms with Crippen molar-refractivity contribution in [3.63, 3.8) is 0 Å². The van der Waals surface area contributed by atoms with Crippen LogP contribution in [0.2, 0.25) is 0 Å². The number of hydrogen-bond acceptors (Lipinski definition) is 5. The lowest BCUT2D eigenvalue weighted by molar-refractivity contribution is 0.0342. The second-order valence-electron chi connectivity index (χ2n) is 6.81. The molecule has 5 rings (SSSR count). The molecule has 136 valence electrons. The molecule has 27 heavy (non-hydrogen) atoms. The molecule has 1 saturated heterocycles. The lowest BCUT2D eigenvalue weighted by Crippen LogP contribution is -2.35. The molecule has 3 aromatic rings. The third-order valence-electron chi connectivity index (χ3n) is 5.09. The highest BCUT2D eigenvalue weighted by molar-refractivity contribution is 6.13. The van der Waals surface area contributed by atoms with Gasteiger partial charge in [-0.1, -0.05) is 6.07 Å². The molecule has 3 heterocycles. The fraction of sp³-hybridized carbons (Fsp3) is 0.250. The molecule has 2 aliphatic rings. The Morgan fingerprint density at radius 1 is 1.07 bits per heavy atom. The molecule has 1 aromatic heterocycles. The number of halogens is 1. The van der Waals surface area contributed by atoms with E-state index in [4.69, 9.17) is 4.74 Å². The molecule has 0 spiro atoms. The number of rotatable bonds is 2. The summed E-state index contributed by atoms with van der Waals surface area (Å²) in [7, 11) is 0. The average molecular weight is 365 g/mol. The first kappa shape index (κ1) is 16.3. The summed E-state index contributed by atoms with van der Waals surface area (Å²) in [6, 6.07) is 9.37. The van der Waals surface area contributed by atoms with Gasteiger partial charge in [-0.3, -0.25) is 19.1 Å². The second kappa shape index (κ2) is 6.07. The number of benzene rings is 2. The van der Waals surface area contributed by atoms with E-state index in [1.165, 1.54) is 16.7 Å². The number of fused-ring (bicyclic) bond motifs is 4. The summed E-state index contributed by atoms with van der Waals surface area (Å²) < 4.78 is 20.2. The van der Waals surface area contributed by atoms with Gasteiger partial charge in [0.15, 0.2) is 5.82 Å². The van der Waals surface area contributed by atoms with Crippen molar-refractivity contribution in [3.05, 3.63) is 69.5 Å². The minimum atomic E-state index is -0.514. The van der Waals surface area contributed by atoms with Crippen LogP contribution in [-0.2, 0) is 11.3 Å². The van der Waals surface area contributed by atoms with Gasteiger partial charge < -0.3 is 4.74 Å². The van der Waals surface area contributed by atoms with E-state index in [0.29, 0.717) is 29.8 Å². The number of morpholine rings is 1. The maximum absolute atomic E-state index is 13.5. The molecule has 0 unspecified atom stereocenters.